The predicted octanol–water partition coefficient (Wildman–Crippen LogP) is 2.95. The Bertz CT molecular complexity index is 808. The van der Waals surface area contributed by atoms with Crippen LogP contribution in [0.2, 0.25) is 0 Å². The molecular formula is C22H30N4O3. The molecule has 1 saturated carbocycles. The highest BCUT2D eigenvalue weighted by molar-refractivity contribution is 6.07. The van der Waals surface area contributed by atoms with Gasteiger partial charge in [-0.05, 0) is 56.6 Å². The van der Waals surface area contributed by atoms with Gasteiger partial charge in [0.05, 0.1) is 0 Å². The first-order chi connectivity index (χ1) is 13.8. The van der Waals surface area contributed by atoms with Crippen LogP contribution in [-0.4, -0.2) is 64.2 Å². The van der Waals surface area contributed by atoms with Crippen LogP contribution in [0.3, 0.4) is 0 Å². The van der Waals surface area contributed by atoms with E-state index in [1.54, 1.807) is 12.3 Å². The number of hydrogen-bond acceptors (Lipinski definition) is 5. The third-order valence-corrected chi connectivity index (χ3v) is 6.38. The van der Waals surface area contributed by atoms with Crippen LogP contribution >= 0.6 is 0 Å². The molecule has 2 saturated heterocycles. The Hall–Kier alpha value is -2.44. The highest BCUT2D eigenvalue weighted by atomic mass is 16.2. The second kappa shape index (κ2) is 7.43. The fourth-order valence-electron chi connectivity index (χ4n) is 4.49. The zero-order valence-electron chi connectivity index (χ0n) is 17.6. The first-order valence-electron chi connectivity index (χ1n) is 10.7. The van der Waals surface area contributed by atoms with Crippen LogP contribution in [0.15, 0.2) is 18.3 Å². The SMILES string of the molecule is CC(=O)c1ccc(N2CCC3(CC2)C(=O)N(CC2CC2)C(=O)N3CC(C)C)nc1. The van der Waals surface area contributed by atoms with Gasteiger partial charge >= 0.3 is 6.03 Å². The third kappa shape index (κ3) is 3.63. The molecule has 0 atom stereocenters. The molecule has 7 heteroatoms. The van der Waals surface area contributed by atoms with Crippen molar-refractivity contribution in [3.63, 3.8) is 0 Å². The minimum Gasteiger partial charge on any atom is -0.356 e. The van der Waals surface area contributed by atoms with Gasteiger partial charge in [-0.15, -0.1) is 0 Å². The second-order valence-electron chi connectivity index (χ2n) is 9.13. The number of imide groups is 1. The Balaban J connectivity index is 1.52. The average Bonchev–Trinajstić information content (AvgIpc) is 3.51. The first kappa shape index (κ1) is 19.9. The molecule has 0 N–H and O–H groups in total. The van der Waals surface area contributed by atoms with Crippen molar-refractivity contribution in [1.82, 2.24) is 14.8 Å². The quantitative estimate of drug-likeness (QED) is 0.544. The minimum absolute atomic E-state index is 0.00297. The van der Waals surface area contributed by atoms with E-state index in [2.05, 4.69) is 23.7 Å². The van der Waals surface area contributed by atoms with E-state index in [1.807, 2.05) is 11.0 Å². The summed E-state index contributed by atoms with van der Waals surface area (Å²) < 4.78 is 0. The lowest BCUT2D eigenvalue weighted by Gasteiger charge is -2.43. The van der Waals surface area contributed by atoms with Crippen LogP contribution in [0, 0.1) is 11.8 Å². The number of carbonyl (C=O) groups is 3. The zero-order valence-corrected chi connectivity index (χ0v) is 17.6. The Morgan fingerprint density at radius 1 is 1.21 bits per heavy atom. The molecule has 29 heavy (non-hydrogen) atoms. The molecule has 3 heterocycles. The van der Waals surface area contributed by atoms with E-state index in [-0.39, 0.29) is 17.7 Å². The number of hydrogen-bond donors (Lipinski definition) is 0. The molecule has 4 rings (SSSR count). The molecule has 7 nitrogen and oxygen atoms in total. The zero-order chi connectivity index (χ0) is 20.8. The smallest absolute Gasteiger partial charge is 0.327 e. The van der Waals surface area contributed by atoms with Crippen LogP contribution in [0.25, 0.3) is 0 Å². The van der Waals surface area contributed by atoms with Crippen molar-refractivity contribution >= 4 is 23.5 Å². The fraction of sp³-hybridized carbons (Fsp3) is 0.636. The highest BCUT2D eigenvalue weighted by Gasteiger charge is 2.58. The van der Waals surface area contributed by atoms with E-state index in [9.17, 15) is 14.4 Å². The van der Waals surface area contributed by atoms with Gasteiger partial charge in [0.2, 0.25) is 0 Å². The number of ketones is 1. The van der Waals surface area contributed by atoms with E-state index in [0.717, 1.165) is 18.7 Å². The summed E-state index contributed by atoms with van der Waals surface area (Å²) in [5.41, 5.74) is -0.121. The number of rotatable bonds is 6. The molecule has 1 aromatic heterocycles. The Labute approximate surface area is 172 Å². The normalized spacial score (nSPS) is 21.6. The number of urea groups is 1. The van der Waals surface area contributed by atoms with Gasteiger partial charge < -0.3 is 9.80 Å². The van der Waals surface area contributed by atoms with Crippen LogP contribution in [0.5, 0.6) is 0 Å². The number of carbonyl (C=O) groups excluding carboxylic acids is 3. The van der Waals surface area contributed by atoms with Crippen molar-refractivity contribution in [2.75, 3.05) is 31.1 Å². The molecule has 0 unspecified atom stereocenters. The lowest BCUT2D eigenvalue weighted by molar-refractivity contribution is -0.134. The standard InChI is InChI=1S/C22H30N4O3/c1-15(2)13-26-21(29)25(14-17-4-5-17)20(28)22(26)8-10-24(11-9-22)19-7-6-18(12-23-19)16(3)27/h6-7,12,15,17H,4-5,8-11,13-14H2,1-3H3. The van der Waals surface area contributed by atoms with Gasteiger partial charge in [-0.1, -0.05) is 13.8 Å². The number of anilines is 1. The molecule has 1 spiro atoms. The predicted molar refractivity (Wildman–Crippen MR) is 110 cm³/mol. The van der Waals surface area contributed by atoms with Crippen molar-refractivity contribution < 1.29 is 14.4 Å². The molecule has 3 aliphatic rings. The Morgan fingerprint density at radius 3 is 2.41 bits per heavy atom. The number of nitrogens with zero attached hydrogens (tertiary/aromatic N) is 4. The van der Waals surface area contributed by atoms with Gasteiger partial charge in [0.1, 0.15) is 11.4 Å². The lowest BCUT2D eigenvalue weighted by Crippen LogP contribution is -2.57. The summed E-state index contributed by atoms with van der Waals surface area (Å²) >= 11 is 0. The van der Waals surface area contributed by atoms with Gasteiger partial charge in [0.25, 0.3) is 5.91 Å². The number of piperidine rings is 1. The molecule has 3 fully saturated rings. The number of pyridine rings is 1. The molecule has 1 aliphatic carbocycles. The van der Waals surface area contributed by atoms with Gasteiger partial charge in [0, 0.05) is 37.9 Å². The molecule has 0 bridgehead atoms. The van der Waals surface area contributed by atoms with Crippen LogP contribution < -0.4 is 4.90 Å². The second-order valence-corrected chi connectivity index (χ2v) is 9.13. The molecule has 3 amide bonds. The topological polar surface area (TPSA) is 73.8 Å². The molecular weight excluding hydrogens is 368 g/mol. The summed E-state index contributed by atoms with van der Waals surface area (Å²) in [5.74, 6) is 1.60. The third-order valence-electron chi connectivity index (χ3n) is 6.38. The van der Waals surface area contributed by atoms with Gasteiger partial charge in [-0.25, -0.2) is 9.78 Å². The van der Waals surface area contributed by atoms with Crippen LogP contribution in [-0.2, 0) is 4.79 Å². The molecule has 156 valence electrons. The van der Waals surface area contributed by atoms with Gasteiger partial charge in [-0.2, -0.15) is 0 Å². The molecule has 0 aromatic carbocycles. The summed E-state index contributed by atoms with van der Waals surface area (Å²) in [4.78, 5) is 47.9. The van der Waals surface area contributed by atoms with E-state index < -0.39 is 5.54 Å². The van der Waals surface area contributed by atoms with E-state index in [1.165, 1.54) is 11.8 Å². The van der Waals surface area contributed by atoms with Crippen molar-refractivity contribution in [2.24, 2.45) is 11.8 Å². The maximum absolute atomic E-state index is 13.4. The van der Waals surface area contributed by atoms with E-state index >= 15 is 0 Å². The fourth-order valence-corrected chi connectivity index (χ4v) is 4.49. The molecule has 0 radical (unpaired) electrons. The van der Waals surface area contributed by atoms with Crippen molar-refractivity contribution in [3.8, 4) is 0 Å². The Kier molecular flexibility index (Phi) is 5.09. The summed E-state index contributed by atoms with van der Waals surface area (Å²) in [6.07, 6.45) is 5.06. The highest BCUT2D eigenvalue weighted by Crippen LogP contribution is 2.41. The maximum Gasteiger partial charge on any atom is 0.327 e. The number of Topliss-reactive ketones (excluding diaryl/α,β-unsaturated/α-hetero) is 1. The molecule has 1 aromatic rings. The van der Waals surface area contributed by atoms with Crippen molar-refractivity contribution in [1.29, 1.82) is 0 Å². The van der Waals surface area contributed by atoms with E-state index in [4.69, 9.17) is 0 Å². The number of aromatic nitrogens is 1. The Morgan fingerprint density at radius 2 is 1.90 bits per heavy atom. The lowest BCUT2D eigenvalue weighted by atomic mass is 9.85. The van der Waals surface area contributed by atoms with Crippen molar-refractivity contribution in [2.45, 2.75) is 52.0 Å². The summed E-state index contributed by atoms with van der Waals surface area (Å²) in [5, 5.41) is 0. The average molecular weight is 399 g/mol. The minimum atomic E-state index is -0.716. The van der Waals surface area contributed by atoms with Crippen LogP contribution in [0.1, 0.15) is 56.8 Å². The van der Waals surface area contributed by atoms with Gasteiger partial charge in [-0.3, -0.25) is 14.5 Å². The largest absolute Gasteiger partial charge is 0.356 e. The van der Waals surface area contributed by atoms with Gasteiger partial charge in [0.15, 0.2) is 5.78 Å². The van der Waals surface area contributed by atoms with Crippen LogP contribution in [0.4, 0.5) is 10.6 Å². The monoisotopic (exact) mass is 398 g/mol. The summed E-state index contributed by atoms with van der Waals surface area (Å²) in [6.45, 7) is 8.22. The maximum atomic E-state index is 13.4. The number of amides is 3. The first-order valence-corrected chi connectivity index (χ1v) is 10.7. The van der Waals surface area contributed by atoms with E-state index in [0.29, 0.717) is 56.4 Å². The summed E-state index contributed by atoms with van der Waals surface area (Å²) in [7, 11) is 0. The summed E-state index contributed by atoms with van der Waals surface area (Å²) in [6, 6.07) is 3.55. The van der Waals surface area contributed by atoms with Crippen molar-refractivity contribution in [3.05, 3.63) is 23.9 Å². The molecule has 2 aliphatic heterocycles.